The van der Waals surface area contributed by atoms with E-state index >= 15 is 0 Å². The van der Waals surface area contributed by atoms with Crippen molar-refractivity contribution in [2.75, 3.05) is 11.1 Å². The first-order chi connectivity index (χ1) is 11.5. The smallest absolute Gasteiger partial charge is 0.335 e. The standard InChI is InChI=1S/C18H16N2O3S/c1-12-2-7-15(18(22)23)8-16(12)20-17(21)11-24-10-14-5-3-13(9-19)4-6-14/h2-8H,10-11H2,1H3,(H,20,21)(H,22,23). The third-order valence-electron chi connectivity index (χ3n) is 3.34. The second-order valence-corrected chi connectivity index (χ2v) is 6.17. The number of carbonyl (C=O) groups is 2. The van der Waals surface area contributed by atoms with Gasteiger partial charge in [0.2, 0.25) is 5.91 Å². The average Bonchev–Trinajstić information content (AvgIpc) is 2.57. The van der Waals surface area contributed by atoms with Gasteiger partial charge in [-0.05, 0) is 42.3 Å². The molecule has 0 atom stereocenters. The molecule has 0 spiro atoms. The molecule has 122 valence electrons. The normalized spacial score (nSPS) is 10.0. The number of aromatic carboxylic acids is 1. The van der Waals surface area contributed by atoms with Crippen molar-refractivity contribution < 1.29 is 14.7 Å². The van der Waals surface area contributed by atoms with Crippen molar-refractivity contribution in [3.63, 3.8) is 0 Å². The summed E-state index contributed by atoms with van der Waals surface area (Å²) in [6.07, 6.45) is 0. The Morgan fingerprint density at radius 1 is 1.21 bits per heavy atom. The number of carboxylic acid groups (broad SMARTS) is 1. The fourth-order valence-electron chi connectivity index (χ4n) is 2.01. The SMILES string of the molecule is Cc1ccc(C(=O)O)cc1NC(=O)CSCc1ccc(C#N)cc1. The Morgan fingerprint density at radius 2 is 1.92 bits per heavy atom. The molecule has 0 unspecified atom stereocenters. The molecule has 1 amide bonds. The number of amides is 1. The van der Waals surface area contributed by atoms with E-state index in [4.69, 9.17) is 10.4 Å². The van der Waals surface area contributed by atoms with Gasteiger partial charge in [-0.3, -0.25) is 4.79 Å². The fraction of sp³-hybridized carbons (Fsp3) is 0.167. The second kappa shape index (κ2) is 8.18. The molecule has 0 bridgehead atoms. The number of carboxylic acids is 1. The van der Waals surface area contributed by atoms with Crippen LogP contribution in [0.15, 0.2) is 42.5 Å². The predicted molar refractivity (Wildman–Crippen MR) is 94.1 cm³/mol. The minimum absolute atomic E-state index is 0.140. The Kier molecular flexibility index (Phi) is 5.99. The minimum atomic E-state index is -1.03. The lowest BCUT2D eigenvalue weighted by Crippen LogP contribution is -2.15. The molecule has 2 aromatic carbocycles. The van der Waals surface area contributed by atoms with Crippen molar-refractivity contribution >= 4 is 29.3 Å². The third kappa shape index (κ3) is 4.86. The number of carbonyl (C=O) groups excluding carboxylic acids is 1. The molecule has 0 aliphatic rings. The molecule has 2 N–H and O–H groups in total. The molecule has 0 heterocycles. The molecule has 5 nitrogen and oxygen atoms in total. The van der Waals surface area contributed by atoms with Crippen molar-refractivity contribution in [2.24, 2.45) is 0 Å². The summed E-state index contributed by atoms with van der Waals surface area (Å²) in [4.78, 5) is 23.0. The van der Waals surface area contributed by atoms with Gasteiger partial charge in [0.15, 0.2) is 0 Å². The number of anilines is 1. The first-order valence-corrected chi connectivity index (χ1v) is 8.35. The Hall–Kier alpha value is -2.78. The van der Waals surface area contributed by atoms with Crippen LogP contribution in [0, 0.1) is 18.3 Å². The summed E-state index contributed by atoms with van der Waals surface area (Å²) >= 11 is 1.45. The zero-order chi connectivity index (χ0) is 17.5. The summed E-state index contributed by atoms with van der Waals surface area (Å²) in [6, 6.07) is 13.9. The number of nitriles is 1. The molecular weight excluding hydrogens is 324 g/mol. The van der Waals surface area contributed by atoms with E-state index < -0.39 is 5.97 Å². The predicted octanol–water partition coefficient (Wildman–Crippen LogP) is 3.44. The van der Waals surface area contributed by atoms with Crippen molar-refractivity contribution in [2.45, 2.75) is 12.7 Å². The van der Waals surface area contributed by atoms with E-state index in [9.17, 15) is 9.59 Å². The number of hydrogen-bond donors (Lipinski definition) is 2. The second-order valence-electron chi connectivity index (χ2n) is 5.18. The highest BCUT2D eigenvalue weighted by Crippen LogP contribution is 2.18. The van der Waals surface area contributed by atoms with Crippen LogP contribution in [0.2, 0.25) is 0 Å². The van der Waals surface area contributed by atoms with Crippen LogP contribution in [0.5, 0.6) is 0 Å². The average molecular weight is 340 g/mol. The van der Waals surface area contributed by atoms with E-state index in [2.05, 4.69) is 11.4 Å². The Bertz CT molecular complexity index is 795. The molecular formula is C18H16N2O3S. The first-order valence-electron chi connectivity index (χ1n) is 7.20. The van der Waals surface area contributed by atoms with Crippen LogP contribution in [-0.4, -0.2) is 22.7 Å². The van der Waals surface area contributed by atoms with E-state index in [-0.39, 0.29) is 17.2 Å². The van der Waals surface area contributed by atoms with E-state index in [0.717, 1.165) is 11.1 Å². The van der Waals surface area contributed by atoms with Crippen molar-refractivity contribution in [1.29, 1.82) is 5.26 Å². The highest BCUT2D eigenvalue weighted by molar-refractivity contribution is 7.99. The third-order valence-corrected chi connectivity index (χ3v) is 4.35. The van der Waals surface area contributed by atoms with Gasteiger partial charge in [0.25, 0.3) is 0 Å². The fourth-order valence-corrected chi connectivity index (χ4v) is 2.80. The van der Waals surface area contributed by atoms with Gasteiger partial charge in [-0.25, -0.2) is 4.79 Å². The zero-order valence-corrected chi connectivity index (χ0v) is 13.9. The lowest BCUT2D eigenvalue weighted by atomic mass is 10.1. The summed E-state index contributed by atoms with van der Waals surface area (Å²) in [6.45, 7) is 1.81. The summed E-state index contributed by atoms with van der Waals surface area (Å²) in [5.41, 5.74) is 3.11. The molecule has 0 aliphatic heterocycles. The van der Waals surface area contributed by atoms with Gasteiger partial charge in [0, 0.05) is 11.4 Å². The molecule has 6 heteroatoms. The molecule has 0 radical (unpaired) electrons. The number of benzene rings is 2. The lowest BCUT2D eigenvalue weighted by Gasteiger charge is -2.09. The molecule has 0 saturated heterocycles. The van der Waals surface area contributed by atoms with E-state index in [1.54, 1.807) is 18.2 Å². The van der Waals surface area contributed by atoms with Gasteiger partial charge in [-0.15, -0.1) is 11.8 Å². The maximum Gasteiger partial charge on any atom is 0.335 e. The highest BCUT2D eigenvalue weighted by atomic mass is 32.2. The van der Waals surface area contributed by atoms with Gasteiger partial charge in [0.05, 0.1) is 22.9 Å². The number of thioether (sulfide) groups is 1. The zero-order valence-electron chi connectivity index (χ0n) is 13.1. The van der Waals surface area contributed by atoms with Crippen LogP contribution in [-0.2, 0) is 10.5 Å². The van der Waals surface area contributed by atoms with Crippen LogP contribution >= 0.6 is 11.8 Å². The molecule has 2 rings (SSSR count). The maximum absolute atomic E-state index is 12.0. The van der Waals surface area contributed by atoms with Gasteiger partial charge in [-0.2, -0.15) is 5.26 Å². The Balaban J connectivity index is 1.88. The molecule has 0 fully saturated rings. The number of nitrogens with zero attached hydrogens (tertiary/aromatic N) is 1. The first kappa shape index (κ1) is 17.6. The molecule has 0 aromatic heterocycles. The number of nitrogens with one attached hydrogen (secondary N) is 1. The molecule has 0 saturated carbocycles. The van der Waals surface area contributed by atoms with Gasteiger partial charge >= 0.3 is 5.97 Å². The highest BCUT2D eigenvalue weighted by Gasteiger charge is 2.09. The van der Waals surface area contributed by atoms with Crippen molar-refractivity contribution in [3.05, 3.63) is 64.7 Å². The van der Waals surface area contributed by atoms with Crippen LogP contribution in [0.25, 0.3) is 0 Å². The molecule has 0 aliphatic carbocycles. The monoisotopic (exact) mass is 340 g/mol. The van der Waals surface area contributed by atoms with E-state index in [1.165, 1.54) is 23.9 Å². The van der Waals surface area contributed by atoms with Gasteiger partial charge in [-0.1, -0.05) is 18.2 Å². The lowest BCUT2D eigenvalue weighted by molar-refractivity contribution is -0.113. The Morgan fingerprint density at radius 3 is 2.54 bits per heavy atom. The number of rotatable bonds is 6. The van der Waals surface area contributed by atoms with Crippen LogP contribution < -0.4 is 5.32 Å². The van der Waals surface area contributed by atoms with Gasteiger partial charge < -0.3 is 10.4 Å². The van der Waals surface area contributed by atoms with Crippen LogP contribution in [0.3, 0.4) is 0 Å². The van der Waals surface area contributed by atoms with Crippen LogP contribution in [0.1, 0.15) is 27.0 Å². The maximum atomic E-state index is 12.0. The van der Waals surface area contributed by atoms with Crippen LogP contribution in [0.4, 0.5) is 5.69 Å². The topological polar surface area (TPSA) is 90.2 Å². The summed E-state index contributed by atoms with van der Waals surface area (Å²) in [5, 5.41) is 20.5. The molecule has 2 aromatic rings. The minimum Gasteiger partial charge on any atom is -0.478 e. The Labute approximate surface area is 144 Å². The van der Waals surface area contributed by atoms with E-state index in [0.29, 0.717) is 17.0 Å². The summed E-state index contributed by atoms with van der Waals surface area (Å²) < 4.78 is 0. The van der Waals surface area contributed by atoms with Crippen molar-refractivity contribution in [1.82, 2.24) is 0 Å². The summed E-state index contributed by atoms with van der Waals surface area (Å²) in [5.74, 6) is -0.288. The van der Waals surface area contributed by atoms with Gasteiger partial charge in [0.1, 0.15) is 0 Å². The van der Waals surface area contributed by atoms with Crippen molar-refractivity contribution in [3.8, 4) is 6.07 Å². The largest absolute Gasteiger partial charge is 0.478 e. The summed E-state index contributed by atoms with van der Waals surface area (Å²) in [7, 11) is 0. The number of aryl methyl sites for hydroxylation is 1. The van der Waals surface area contributed by atoms with E-state index in [1.807, 2.05) is 19.1 Å². The quantitative estimate of drug-likeness (QED) is 0.841. The molecule has 24 heavy (non-hydrogen) atoms. The number of hydrogen-bond acceptors (Lipinski definition) is 4.